The summed E-state index contributed by atoms with van der Waals surface area (Å²) in [4.78, 5) is 22.2. The van der Waals surface area contributed by atoms with Crippen molar-refractivity contribution in [1.82, 2.24) is 0 Å². The topological polar surface area (TPSA) is 93.2 Å². The number of benzene rings is 2. The van der Waals surface area contributed by atoms with Crippen LogP contribution in [-0.4, -0.2) is 10.9 Å². The molecule has 6 heteroatoms. The second-order valence-corrected chi connectivity index (χ2v) is 4.29. The van der Waals surface area contributed by atoms with Gasteiger partial charge in [0.2, 0.25) is 0 Å². The van der Waals surface area contributed by atoms with Crippen LogP contribution in [0.4, 0.5) is 5.69 Å². The Morgan fingerprint density at radius 3 is 2.67 bits per heavy atom. The van der Waals surface area contributed by atoms with Crippen molar-refractivity contribution in [1.29, 1.82) is 5.26 Å². The van der Waals surface area contributed by atoms with Crippen LogP contribution in [0.25, 0.3) is 0 Å². The van der Waals surface area contributed by atoms with E-state index in [0.717, 1.165) is 0 Å². The SMILES string of the molecule is Cc1cc(C(=O)Oc2cccc(C#N)c2)ccc1[N+](=O)[O-]. The Labute approximate surface area is 120 Å². The molecule has 0 spiro atoms. The predicted octanol–water partition coefficient (Wildman–Crippen LogP) is 2.99. The number of nitro groups is 1. The van der Waals surface area contributed by atoms with E-state index in [4.69, 9.17) is 10.00 Å². The third-order valence-electron chi connectivity index (χ3n) is 2.80. The molecule has 0 aliphatic rings. The molecular weight excluding hydrogens is 272 g/mol. The zero-order valence-corrected chi connectivity index (χ0v) is 11.1. The number of aryl methyl sites for hydroxylation is 1. The largest absolute Gasteiger partial charge is 0.423 e. The van der Waals surface area contributed by atoms with Gasteiger partial charge in [-0.15, -0.1) is 0 Å². The molecule has 0 unspecified atom stereocenters. The normalized spacial score (nSPS) is 9.71. The van der Waals surface area contributed by atoms with Crippen molar-refractivity contribution in [2.75, 3.05) is 0 Å². The first-order valence-corrected chi connectivity index (χ1v) is 5.98. The molecule has 0 aliphatic heterocycles. The van der Waals surface area contributed by atoms with Gasteiger partial charge < -0.3 is 4.74 Å². The molecule has 2 aromatic rings. The molecule has 21 heavy (non-hydrogen) atoms. The summed E-state index contributed by atoms with van der Waals surface area (Å²) in [5.41, 5.74) is 0.902. The minimum absolute atomic E-state index is 0.0574. The Bertz CT molecular complexity index is 763. The van der Waals surface area contributed by atoms with Crippen molar-refractivity contribution in [2.24, 2.45) is 0 Å². The Kier molecular flexibility index (Phi) is 3.95. The highest BCUT2D eigenvalue weighted by molar-refractivity contribution is 5.91. The lowest BCUT2D eigenvalue weighted by atomic mass is 10.1. The molecule has 0 N–H and O–H groups in total. The van der Waals surface area contributed by atoms with E-state index in [2.05, 4.69) is 0 Å². The van der Waals surface area contributed by atoms with Gasteiger partial charge >= 0.3 is 5.97 Å². The van der Waals surface area contributed by atoms with Crippen LogP contribution < -0.4 is 4.74 Å². The van der Waals surface area contributed by atoms with Gasteiger partial charge in [-0.2, -0.15) is 5.26 Å². The van der Waals surface area contributed by atoms with E-state index in [1.807, 2.05) is 6.07 Å². The standard InChI is InChI=1S/C15H10N2O4/c1-10-7-12(5-6-14(10)17(19)20)15(18)21-13-4-2-3-11(8-13)9-16/h2-8H,1H3. The molecule has 6 nitrogen and oxygen atoms in total. The van der Waals surface area contributed by atoms with Crippen molar-refractivity contribution in [2.45, 2.75) is 6.92 Å². The number of nitrogens with zero attached hydrogens (tertiary/aromatic N) is 2. The van der Waals surface area contributed by atoms with Crippen molar-refractivity contribution < 1.29 is 14.5 Å². The van der Waals surface area contributed by atoms with Crippen LogP contribution in [0.1, 0.15) is 21.5 Å². The second-order valence-electron chi connectivity index (χ2n) is 4.29. The first-order valence-electron chi connectivity index (χ1n) is 5.98. The first kappa shape index (κ1) is 14.2. The smallest absolute Gasteiger partial charge is 0.343 e. The molecule has 104 valence electrons. The van der Waals surface area contributed by atoms with Crippen LogP contribution in [0.2, 0.25) is 0 Å². The van der Waals surface area contributed by atoms with E-state index in [1.54, 1.807) is 25.1 Å². The van der Waals surface area contributed by atoms with E-state index in [0.29, 0.717) is 11.1 Å². The van der Waals surface area contributed by atoms with E-state index >= 15 is 0 Å². The van der Waals surface area contributed by atoms with Gasteiger partial charge in [-0.1, -0.05) is 6.07 Å². The van der Waals surface area contributed by atoms with E-state index in [1.165, 1.54) is 24.3 Å². The summed E-state index contributed by atoms with van der Waals surface area (Å²) < 4.78 is 5.14. The molecular formula is C15H10N2O4. The Morgan fingerprint density at radius 1 is 1.29 bits per heavy atom. The molecule has 0 atom stereocenters. The summed E-state index contributed by atoms with van der Waals surface area (Å²) in [6.07, 6.45) is 0. The average molecular weight is 282 g/mol. The summed E-state index contributed by atoms with van der Waals surface area (Å²) in [7, 11) is 0. The van der Waals surface area contributed by atoms with Crippen LogP contribution in [-0.2, 0) is 0 Å². The number of carbonyl (C=O) groups is 1. The lowest BCUT2D eigenvalue weighted by Crippen LogP contribution is -2.09. The van der Waals surface area contributed by atoms with Crippen LogP contribution in [0.15, 0.2) is 42.5 Å². The quantitative estimate of drug-likeness (QED) is 0.373. The Morgan fingerprint density at radius 2 is 2.05 bits per heavy atom. The summed E-state index contributed by atoms with van der Waals surface area (Å²) in [6, 6.07) is 12.1. The number of hydrogen-bond acceptors (Lipinski definition) is 5. The zero-order chi connectivity index (χ0) is 15.4. The fourth-order valence-electron chi connectivity index (χ4n) is 1.78. The minimum atomic E-state index is -0.636. The van der Waals surface area contributed by atoms with E-state index in [9.17, 15) is 14.9 Å². The summed E-state index contributed by atoms with van der Waals surface area (Å²) in [6.45, 7) is 1.55. The maximum atomic E-state index is 12.0. The highest BCUT2D eigenvalue weighted by Crippen LogP contribution is 2.20. The van der Waals surface area contributed by atoms with Gasteiger partial charge in [0.05, 0.1) is 22.1 Å². The van der Waals surface area contributed by atoms with Gasteiger partial charge in [-0.25, -0.2) is 4.79 Å². The molecule has 0 amide bonds. The van der Waals surface area contributed by atoms with Crippen LogP contribution in [0.3, 0.4) is 0 Å². The summed E-state index contributed by atoms with van der Waals surface area (Å²) >= 11 is 0. The fraction of sp³-hybridized carbons (Fsp3) is 0.0667. The van der Waals surface area contributed by atoms with E-state index < -0.39 is 10.9 Å². The third kappa shape index (κ3) is 3.22. The van der Waals surface area contributed by atoms with Gasteiger partial charge in [0.25, 0.3) is 5.69 Å². The maximum absolute atomic E-state index is 12.0. The molecule has 0 aliphatic carbocycles. The molecule has 0 saturated heterocycles. The van der Waals surface area contributed by atoms with E-state index in [-0.39, 0.29) is 17.0 Å². The number of hydrogen-bond donors (Lipinski definition) is 0. The Balaban J connectivity index is 2.22. The van der Waals surface area contributed by atoms with Crippen LogP contribution >= 0.6 is 0 Å². The van der Waals surface area contributed by atoms with Gasteiger partial charge in [0.15, 0.2) is 0 Å². The lowest BCUT2D eigenvalue weighted by Gasteiger charge is -2.05. The number of rotatable bonds is 3. The van der Waals surface area contributed by atoms with Crippen molar-refractivity contribution in [3.05, 3.63) is 69.3 Å². The van der Waals surface area contributed by atoms with Gasteiger partial charge in [-0.05, 0) is 37.3 Å². The van der Waals surface area contributed by atoms with Crippen molar-refractivity contribution in [3.8, 4) is 11.8 Å². The monoisotopic (exact) mass is 282 g/mol. The summed E-state index contributed by atoms with van der Waals surface area (Å²) in [5.74, 6) is -0.391. The number of esters is 1. The highest BCUT2D eigenvalue weighted by Gasteiger charge is 2.15. The highest BCUT2D eigenvalue weighted by atomic mass is 16.6. The molecule has 2 rings (SSSR count). The number of carbonyl (C=O) groups excluding carboxylic acids is 1. The average Bonchev–Trinajstić information content (AvgIpc) is 2.46. The number of nitro benzene ring substituents is 1. The molecule has 0 bridgehead atoms. The molecule has 0 saturated carbocycles. The Hall–Kier alpha value is -3.20. The first-order chi connectivity index (χ1) is 10.0. The number of nitriles is 1. The third-order valence-corrected chi connectivity index (χ3v) is 2.80. The lowest BCUT2D eigenvalue weighted by molar-refractivity contribution is -0.385. The molecule has 2 aromatic carbocycles. The van der Waals surface area contributed by atoms with Gasteiger partial charge in [-0.3, -0.25) is 10.1 Å². The molecule has 0 radical (unpaired) electrons. The molecule has 0 aromatic heterocycles. The minimum Gasteiger partial charge on any atom is -0.423 e. The van der Waals surface area contributed by atoms with Crippen molar-refractivity contribution >= 4 is 11.7 Å². The zero-order valence-electron chi connectivity index (χ0n) is 11.1. The molecule has 0 heterocycles. The predicted molar refractivity (Wildman–Crippen MR) is 73.9 cm³/mol. The van der Waals surface area contributed by atoms with Crippen molar-refractivity contribution in [3.63, 3.8) is 0 Å². The van der Waals surface area contributed by atoms with Crippen LogP contribution in [0, 0.1) is 28.4 Å². The summed E-state index contributed by atoms with van der Waals surface area (Å²) in [5, 5.41) is 19.5. The molecule has 0 fully saturated rings. The van der Waals surface area contributed by atoms with Gasteiger partial charge in [0, 0.05) is 11.6 Å². The number of ether oxygens (including phenoxy) is 1. The van der Waals surface area contributed by atoms with Crippen LogP contribution in [0.5, 0.6) is 5.75 Å². The van der Waals surface area contributed by atoms with Gasteiger partial charge in [0.1, 0.15) is 5.75 Å². The second kappa shape index (κ2) is 5.84. The maximum Gasteiger partial charge on any atom is 0.343 e. The fourth-order valence-corrected chi connectivity index (χ4v) is 1.78.